The lowest BCUT2D eigenvalue weighted by molar-refractivity contribution is -0.139. The van der Waals surface area contributed by atoms with Crippen molar-refractivity contribution < 1.29 is 22.7 Å². The zero-order valence-electron chi connectivity index (χ0n) is 23.4. The molecule has 0 spiro atoms. The minimum atomic E-state index is -4.14. The summed E-state index contributed by atoms with van der Waals surface area (Å²) >= 11 is 6.07. The molecule has 214 valence electrons. The van der Waals surface area contributed by atoms with Crippen molar-refractivity contribution >= 4 is 39.1 Å². The van der Waals surface area contributed by atoms with Gasteiger partial charge in [-0.05, 0) is 81.3 Å². The highest BCUT2D eigenvalue weighted by atomic mass is 35.5. The Balaban J connectivity index is 2.01. The van der Waals surface area contributed by atoms with Gasteiger partial charge in [-0.1, -0.05) is 48.4 Å². The second kappa shape index (κ2) is 13.7. The maximum Gasteiger partial charge on any atom is 0.264 e. The summed E-state index contributed by atoms with van der Waals surface area (Å²) in [6.07, 6.45) is 0.726. The summed E-state index contributed by atoms with van der Waals surface area (Å²) in [6.45, 7) is 6.92. The van der Waals surface area contributed by atoms with Gasteiger partial charge < -0.3 is 15.0 Å². The van der Waals surface area contributed by atoms with Crippen LogP contribution >= 0.6 is 11.6 Å². The largest absolute Gasteiger partial charge is 0.497 e. The van der Waals surface area contributed by atoms with E-state index in [2.05, 4.69) is 5.32 Å². The number of halogens is 1. The van der Waals surface area contributed by atoms with Crippen LogP contribution in [0.25, 0.3) is 0 Å². The van der Waals surface area contributed by atoms with Crippen LogP contribution in [0.4, 0.5) is 5.69 Å². The average Bonchev–Trinajstić information content (AvgIpc) is 2.95. The fourth-order valence-corrected chi connectivity index (χ4v) is 5.49. The molecule has 3 aromatic carbocycles. The molecule has 0 aromatic heterocycles. The molecule has 40 heavy (non-hydrogen) atoms. The Morgan fingerprint density at radius 2 is 1.55 bits per heavy atom. The van der Waals surface area contributed by atoms with Gasteiger partial charge in [-0.3, -0.25) is 13.9 Å². The monoisotopic (exact) mass is 585 g/mol. The number of ether oxygens (including phenoxy) is 1. The number of sulfonamides is 1. The molecule has 0 unspecified atom stereocenters. The van der Waals surface area contributed by atoms with Crippen molar-refractivity contribution in [2.24, 2.45) is 0 Å². The van der Waals surface area contributed by atoms with Crippen molar-refractivity contribution in [2.45, 2.75) is 57.6 Å². The van der Waals surface area contributed by atoms with Crippen molar-refractivity contribution in [2.75, 3.05) is 18.0 Å². The third-order valence-corrected chi connectivity index (χ3v) is 8.72. The van der Waals surface area contributed by atoms with Gasteiger partial charge in [0.25, 0.3) is 10.0 Å². The highest BCUT2D eigenvalue weighted by Gasteiger charge is 2.32. The molecule has 8 nitrogen and oxygen atoms in total. The van der Waals surface area contributed by atoms with Crippen LogP contribution in [0.15, 0.2) is 77.7 Å². The molecular weight excluding hydrogens is 550 g/mol. The number of hydrogen-bond acceptors (Lipinski definition) is 5. The summed E-state index contributed by atoms with van der Waals surface area (Å²) in [5.41, 5.74) is 1.94. The van der Waals surface area contributed by atoms with E-state index in [4.69, 9.17) is 16.3 Å². The van der Waals surface area contributed by atoms with E-state index in [-0.39, 0.29) is 29.1 Å². The number of aryl methyl sites for hydroxylation is 1. The molecule has 10 heteroatoms. The molecule has 3 rings (SSSR count). The molecule has 0 aliphatic rings. The molecule has 0 saturated heterocycles. The van der Waals surface area contributed by atoms with Crippen LogP contribution in [0.5, 0.6) is 5.75 Å². The first-order valence-electron chi connectivity index (χ1n) is 13.0. The predicted octanol–water partition coefficient (Wildman–Crippen LogP) is 5.18. The summed E-state index contributed by atoms with van der Waals surface area (Å²) in [5, 5.41) is 3.35. The lowest BCUT2D eigenvalue weighted by Crippen LogP contribution is -2.52. The van der Waals surface area contributed by atoms with Crippen molar-refractivity contribution in [3.63, 3.8) is 0 Å². The molecule has 0 bridgehead atoms. The number of hydrogen-bond donors (Lipinski definition) is 1. The van der Waals surface area contributed by atoms with Gasteiger partial charge in [0.05, 0.1) is 17.7 Å². The number of carbonyl (C=O) groups is 2. The van der Waals surface area contributed by atoms with Crippen LogP contribution in [0.2, 0.25) is 5.02 Å². The highest BCUT2D eigenvalue weighted by Crippen LogP contribution is 2.26. The van der Waals surface area contributed by atoms with Crippen LogP contribution in [0.1, 0.15) is 38.3 Å². The maximum atomic E-state index is 13.9. The fourth-order valence-electron chi connectivity index (χ4n) is 3.95. The first-order valence-corrected chi connectivity index (χ1v) is 14.9. The van der Waals surface area contributed by atoms with Crippen LogP contribution in [0, 0.1) is 6.92 Å². The Kier molecular flexibility index (Phi) is 10.6. The summed E-state index contributed by atoms with van der Waals surface area (Å²) in [4.78, 5) is 28.5. The minimum absolute atomic E-state index is 0.0464. The van der Waals surface area contributed by atoms with E-state index in [1.165, 1.54) is 17.0 Å². The minimum Gasteiger partial charge on any atom is -0.497 e. The molecule has 2 amide bonds. The molecule has 0 heterocycles. The normalized spacial score (nSPS) is 12.8. The number of amides is 2. The van der Waals surface area contributed by atoms with Gasteiger partial charge in [0.1, 0.15) is 18.3 Å². The van der Waals surface area contributed by atoms with Gasteiger partial charge >= 0.3 is 0 Å². The number of methoxy groups -OCH3 is 1. The fraction of sp³-hybridized carbons (Fsp3) is 0.333. The van der Waals surface area contributed by atoms with Gasteiger partial charge in [-0.25, -0.2) is 8.42 Å². The SMILES string of the molecule is CC[C@H](C)NC(=O)[C@@H](C)N(Cc1ccc(OC)cc1)C(=O)CN(c1ccc(Cl)cc1)S(=O)(=O)c1ccc(C)cc1. The van der Waals surface area contributed by atoms with Gasteiger partial charge in [-0.2, -0.15) is 0 Å². The van der Waals surface area contributed by atoms with E-state index < -0.39 is 28.5 Å². The van der Waals surface area contributed by atoms with E-state index in [0.717, 1.165) is 21.9 Å². The standard InChI is InChI=1S/C30H36ClN3O5S/c1-6-22(3)32-30(36)23(4)33(19-24-9-15-27(39-5)16-10-24)29(35)20-34(26-13-11-25(31)12-14-26)40(37,38)28-17-7-21(2)8-18-28/h7-18,22-23H,6,19-20H2,1-5H3,(H,32,36)/t22-,23+/m0/s1. The maximum absolute atomic E-state index is 13.9. The molecule has 0 aliphatic heterocycles. The van der Waals surface area contributed by atoms with E-state index >= 15 is 0 Å². The van der Waals surface area contributed by atoms with E-state index in [1.807, 2.05) is 20.8 Å². The Labute approximate surface area is 241 Å². The van der Waals surface area contributed by atoms with Crippen molar-refractivity contribution in [1.82, 2.24) is 10.2 Å². The topological polar surface area (TPSA) is 96.0 Å². The number of benzene rings is 3. The highest BCUT2D eigenvalue weighted by molar-refractivity contribution is 7.92. The van der Waals surface area contributed by atoms with E-state index in [9.17, 15) is 18.0 Å². The number of nitrogens with one attached hydrogen (secondary N) is 1. The quantitative estimate of drug-likeness (QED) is 0.316. The van der Waals surface area contributed by atoms with Crippen LogP contribution in [-0.2, 0) is 26.2 Å². The average molecular weight is 586 g/mol. The second-order valence-corrected chi connectivity index (χ2v) is 12.0. The van der Waals surface area contributed by atoms with Crippen LogP contribution in [0.3, 0.4) is 0 Å². The molecule has 0 radical (unpaired) electrons. The second-order valence-electron chi connectivity index (χ2n) is 9.66. The molecule has 2 atom stereocenters. The van der Waals surface area contributed by atoms with Crippen LogP contribution < -0.4 is 14.4 Å². The lowest BCUT2D eigenvalue weighted by atomic mass is 10.1. The molecule has 0 fully saturated rings. The summed E-state index contributed by atoms with van der Waals surface area (Å²) in [5.74, 6) is -0.203. The summed E-state index contributed by atoms with van der Waals surface area (Å²) in [6, 6.07) is 18.8. The third-order valence-electron chi connectivity index (χ3n) is 6.68. The summed E-state index contributed by atoms with van der Waals surface area (Å²) in [7, 11) is -2.58. The smallest absolute Gasteiger partial charge is 0.264 e. The number of rotatable bonds is 12. The van der Waals surface area contributed by atoms with Gasteiger partial charge in [0, 0.05) is 17.6 Å². The molecule has 0 saturated carbocycles. The van der Waals surface area contributed by atoms with Gasteiger partial charge in [-0.15, -0.1) is 0 Å². The number of nitrogens with zero attached hydrogens (tertiary/aromatic N) is 2. The van der Waals surface area contributed by atoms with Gasteiger partial charge in [0.2, 0.25) is 11.8 Å². The lowest BCUT2D eigenvalue weighted by Gasteiger charge is -2.32. The van der Waals surface area contributed by atoms with Gasteiger partial charge in [0.15, 0.2) is 0 Å². The zero-order valence-corrected chi connectivity index (χ0v) is 25.0. The first kappa shape index (κ1) is 31.0. The Morgan fingerprint density at radius 1 is 0.950 bits per heavy atom. The zero-order chi connectivity index (χ0) is 29.4. The molecule has 0 aliphatic carbocycles. The molecular formula is C30H36ClN3O5S. The molecule has 3 aromatic rings. The third kappa shape index (κ3) is 7.76. The Hall–Kier alpha value is -3.56. The Morgan fingerprint density at radius 3 is 2.10 bits per heavy atom. The van der Waals surface area contributed by atoms with Crippen molar-refractivity contribution in [3.8, 4) is 5.75 Å². The van der Waals surface area contributed by atoms with E-state index in [0.29, 0.717) is 10.8 Å². The predicted molar refractivity (Wildman–Crippen MR) is 158 cm³/mol. The Bertz CT molecular complexity index is 1390. The number of carbonyl (C=O) groups excluding carboxylic acids is 2. The van der Waals surface area contributed by atoms with Crippen molar-refractivity contribution in [1.29, 1.82) is 0 Å². The number of anilines is 1. The van der Waals surface area contributed by atoms with Crippen LogP contribution in [-0.4, -0.2) is 50.9 Å². The summed E-state index contributed by atoms with van der Waals surface area (Å²) < 4.78 is 34.0. The van der Waals surface area contributed by atoms with Crippen molar-refractivity contribution in [3.05, 3.63) is 88.9 Å². The first-order chi connectivity index (χ1) is 19.0. The van der Waals surface area contributed by atoms with E-state index in [1.54, 1.807) is 74.7 Å². The molecule has 1 N–H and O–H groups in total.